The summed E-state index contributed by atoms with van der Waals surface area (Å²) in [5.74, 6) is -4.05. The molecule has 12 heteroatoms. The highest BCUT2D eigenvalue weighted by atomic mass is 19.4. The lowest BCUT2D eigenvalue weighted by atomic mass is 9.99. The van der Waals surface area contributed by atoms with Gasteiger partial charge in [0, 0.05) is 22.9 Å². The zero-order valence-corrected chi connectivity index (χ0v) is 21.3. The minimum atomic E-state index is -5.87. The Kier molecular flexibility index (Phi) is 8.34. The van der Waals surface area contributed by atoms with Gasteiger partial charge in [0.15, 0.2) is 6.10 Å². The minimum absolute atomic E-state index is 0.0912. The third kappa shape index (κ3) is 6.82. The van der Waals surface area contributed by atoms with Gasteiger partial charge in [-0.25, -0.2) is 0 Å². The summed E-state index contributed by atoms with van der Waals surface area (Å²) in [5, 5.41) is 9.85. The number of furan rings is 1. The van der Waals surface area contributed by atoms with E-state index in [1.54, 1.807) is 36.4 Å². The lowest BCUT2D eigenvalue weighted by molar-refractivity contribution is -0.289. The van der Waals surface area contributed by atoms with Crippen LogP contribution in [0.3, 0.4) is 0 Å². The van der Waals surface area contributed by atoms with Gasteiger partial charge in [-0.15, -0.1) is 0 Å². The molecule has 218 valence electrons. The van der Waals surface area contributed by atoms with Gasteiger partial charge >= 0.3 is 18.3 Å². The van der Waals surface area contributed by atoms with Crippen LogP contribution in [-0.4, -0.2) is 30.1 Å². The zero-order chi connectivity index (χ0) is 30.0. The number of benzene rings is 3. The number of alkyl halides is 8. The first-order chi connectivity index (χ1) is 19.2. The molecule has 0 saturated heterocycles. The molecule has 4 rings (SSSR count). The van der Waals surface area contributed by atoms with Crippen LogP contribution in [0.1, 0.15) is 24.1 Å². The molecule has 1 N–H and O–H groups in total. The summed E-state index contributed by atoms with van der Waals surface area (Å²) in [5.41, 5.74) is -0.700. The van der Waals surface area contributed by atoms with Gasteiger partial charge < -0.3 is 19.2 Å². The van der Waals surface area contributed by atoms with Crippen molar-refractivity contribution in [1.29, 1.82) is 0 Å². The van der Waals surface area contributed by atoms with Crippen LogP contribution in [0.4, 0.5) is 40.8 Å². The maximum absolute atomic E-state index is 14.0. The SMILES string of the molecule is CC(c1cccc(C(F)(F)C(F)(F)F)c1)N(C[C@@H](O)C(F)(F)F)c1cccc(Oc2cccc(-c3ccco3)c2)c1. The number of halogens is 8. The zero-order valence-electron chi connectivity index (χ0n) is 21.3. The highest BCUT2D eigenvalue weighted by Crippen LogP contribution is 2.44. The molecule has 3 aromatic carbocycles. The predicted octanol–water partition coefficient (Wildman–Crippen LogP) is 8.88. The number of hydrogen-bond donors (Lipinski definition) is 1. The third-order valence-electron chi connectivity index (χ3n) is 6.33. The molecular weight excluding hydrogens is 562 g/mol. The number of ether oxygens (including phenoxy) is 1. The van der Waals surface area contributed by atoms with Gasteiger partial charge in [0.2, 0.25) is 0 Å². The fourth-order valence-corrected chi connectivity index (χ4v) is 4.13. The van der Waals surface area contributed by atoms with Crippen molar-refractivity contribution >= 4 is 5.69 Å². The lowest BCUT2D eigenvalue weighted by Crippen LogP contribution is -2.42. The summed E-state index contributed by atoms with van der Waals surface area (Å²) >= 11 is 0. The quantitative estimate of drug-likeness (QED) is 0.199. The smallest absolute Gasteiger partial charge is 0.458 e. The van der Waals surface area contributed by atoms with Crippen molar-refractivity contribution in [2.45, 2.75) is 37.3 Å². The highest BCUT2D eigenvalue weighted by molar-refractivity contribution is 5.60. The number of anilines is 1. The summed E-state index contributed by atoms with van der Waals surface area (Å²) in [6.07, 6.45) is -12.2. The third-order valence-corrected chi connectivity index (χ3v) is 6.33. The minimum Gasteiger partial charge on any atom is -0.464 e. The van der Waals surface area contributed by atoms with E-state index in [4.69, 9.17) is 9.15 Å². The normalized spacial score (nSPS) is 14.0. The molecule has 0 aliphatic carbocycles. The maximum Gasteiger partial charge on any atom is 0.458 e. The number of nitrogens with zero attached hydrogens (tertiary/aromatic N) is 1. The average molecular weight is 585 g/mol. The summed E-state index contributed by atoms with van der Waals surface area (Å²) in [6, 6.07) is 18.2. The summed E-state index contributed by atoms with van der Waals surface area (Å²) in [4.78, 5) is 1.05. The van der Waals surface area contributed by atoms with Crippen molar-refractivity contribution in [3.05, 3.63) is 102 Å². The molecule has 1 unspecified atom stereocenters. The van der Waals surface area contributed by atoms with Crippen molar-refractivity contribution in [3.8, 4) is 22.8 Å². The van der Waals surface area contributed by atoms with Gasteiger partial charge in [0.25, 0.3) is 0 Å². The molecule has 0 spiro atoms. The first-order valence-electron chi connectivity index (χ1n) is 12.1. The van der Waals surface area contributed by atoms with E-state index in [0.29, 0.717) is 29.2 Å². The molecule has 0 amide bonds. The summed E-state index contributed by atoms with van der Waals surface area (Å²) in [7, 11) is 0. The molecule has 0 aliphatic heterocycles. The molecular formula is C29H23F8NO3. The molecule has 41 heavy (non-hydrogen) atoms. The second kappa shape index (κ2) is 11.4. The molecule has 0 aliphatic rings. The fraction of sp³-hybridized carbons (Fsp3) is 0.241. The van der Waals surface area contributed by atoms with Crippen LogP contribution in [0.5, 0.6) is 11.5 Å². The Labute approximate surface area is 229 Å². The Balaban J connectivity index is 1.68. The molecule has 4 nitrogen and oxygen atoms in total. The Hall–Kier alpha value is -4.06. The average Bonchev–Trinajstić information content (AvgIpc) is 3.46. The van der Waals surface area contributed by atoms with E-state index < -0.39 is 42.5 Å². The van der Waals surface area contributed by atoms with E-state index in [2.05, 4.69) is 0 Å². The van der Waals surface area contributed by atoms with E-state index in [1.165, 1.54) is 43.5 Å². The van der Waals surface area contributed by atoms with Crippen LogP contribution >= 0.6 is 0 Å². The maximum atomic E-state index is 14.0. The number of aliphatic hydroxyl groups excluding tert-OH is 1. The van der Waals surface area contributed by atoms with Crippen molar-refractivity contribution in [1.82, 2.24) is 0 Å². The predicted molar refractivity (Wildman–Crippen MR) is 135 cm³/mol. The Morgan fingerprint density at radius 2 is 1.46 bits per heavy atom. The van der Waals surface area contributed by atoms with Gasteiger partial charge in [-0.3, -0.25) is 0 Å². The Morgan fingerprint density at radius 3 is 2.10 bits per heavy atom. The van der Waals surface area contributed by atoms with Crippen molar-refractivity contribution in [2.75, 3.05) is 11.4 Å². The number of aliphatic hydroxyl groups is 1. The van der Waals surface area contributed by atoms with Gasteiger partial charge in [0.1, 0.15) is 17.3 Å². The molecule has 4 aromatic rings. The largest absolute Gasteiger partial charge is 0.464 e. The molecule has 0 radical (unpaired) electrons. The van der Waals surface area contributed by atoms with Crippen LogP contribution in [0.2, 0.25) is 0 Å². The molecule has 0 fully saturated rings. The second-order valence-corrected chi connectivity index (χ2v) is 9.19. The Morgan fingerprint density at radius 1 is 0.805 bits per heavy atom. The summed E-state index contributed by atoms with van der Waals surface area (Å²) in [6.45, 7) is 0.288. The van der Waals surface area contributed by atoms with Crippen molar-refractivity contribution in [3.63, 3.8) is 0 Å². The Bertz CT molecular complexity index is 1450. The molecule has 1 aromatic heterocycles. The van der Waals surface area contributed by atoms with Crippen LogP contribution in [0.15, 0.2) is 95.6 Å². The van der Waals surface area contributed by atoms with E-state index in [-0.39, 0.29) is 17.0 Å². The first-order valence-corrected chi connectivity index (χ1v) is 12.1. The molecule has 0 saturated carbocycles. The van der Waals surface area contributed by atoms with Gasteiger partial charge in [-0.2, -0.15) is 35.1 Å². The van der Waals surface area contributed by atoms with E-state index >= 15 is 0 Å². The van der Waals surface area contributed by atoms with Gasteiger partial charge in [-0.05, 0) is 55.0 Å². The highest BCUT2D eigenvalue weighted by Gasteiger charge is 2.58. The topological polar surface area (TPSA) is 45.8 Å². The van der Waals surface area contributed by atoms with E-state index in [1.807, 2.05) is 0 Å². The van der Waals surface area contributed by atoms with E-state index in [9.17, 15) is 40.2 Å². The molecule has 1 heterocycles. The van der Waals surface area contributed by atoms with Crippen molar-refractivity contribution < 1.29 is 49.4 Å². The van der Waals surface area contributed by atoms with Crippen LogP contribution in [-0.2, 0) is 5.92 Å². The number of hydrogen-bond acceptors (Lipinski definition) is 4. The van der Waals surface area contributed by atoms with Crippen molar-refractivity contribution in [2.24, 2.45) is 0 Å². The summed E-state index contributed by atoms with van der Waals surface area (Å²) < 4.78 is 118. The lowest BCUT2D eigenvalue weighted by Gasteiger charge is -2.34. The van der Waals surface area contributed by atoms with E-state index in [0.717, 1.165) is 11.0 Å². The second-order valence-electron chi connectivity index (χ2n) is 9.19. The molecule has 0 bridgehead atoms. The monoisotopic (exact) mass is 585 g/mol. The van der Waals surface area contributed by atoms with Crippen LogP contribution in [0.25, 0.3) is 11.3 Å². The number of rotatable bonds is 9. The first kappa shape index (κ1) is 29.9. The standard InChI is InChI=1S/C29H23F8NO3/c1-18(19-6-2-8-21(14-19)27(30,31)29(35,36)37)38(17-26(39)28(32,33)34)22-9-4-11-24(16-22)41-23-10-3-7-20(15-23)25-12-5-13-40-25/h2-16,18,26,39H,17H2,1H3/t18?,26-/m1/s1. The van der Waals surface area contributed by atoms with Gasteiger partial charge in [0.05, 0.1) is 18.8 Å². The molecule has 2 atom stereocenters. The van der Waals surface area contributed by atoms with Gasteiger partial charge in [-0.1, -0.05) is 36.4 Å². The fourth-order valence-electron chi connectivity index (χ4n) is 4.13. The van der Waals surface area contributed by atoms with Crippen LogP contribution in [0, 0.1) is 0 Å². The van der Waals surface area contributed by atoms with Crippen LogP contribution < -0.4 is 9.64 Å².